The Hall–Kier alpha value is -1.96. The molecule has 0 radical (unpaired) electrons. The van der Waals surface area contributed by atoms with E-state index in [0.717, 1.165) is 0 Å². The van der Waals surface area contributed by atoms with Crippen molar-refractivity contribution in [3.63, 3.8) is 0 Å². The lowest BCUT2D eigenvalue weighted by Crippen LogP contribution is -2.13. The Bertz CT molecular complexity index is 455. The largest absolute Gasteiger partial charge is 0.435 e. The molecular weight excluding hydrogens is 240 g/mol. The van der Waals surface area contributed by atoms with Gasteiger partial charge in [0.2, 0.25) is 0 Å². The van der Waals surface area contributed by atoms with Crippen LogP contribution in [-0.4, -0.2) is 12.4 Å². The van der Waals surface area contributed by atoms with Crippen LogP contribution in [0, 0.1) is 17.2 Å². The van der Waals surface area contributed by atoms with Crippen LogP contribution in [-0.2, 0) is 0 Å². The van der Waals surface area contributed by atoms with Gasteiger partial charge in [0, 0.05) is 5.56 Å². The van der Waals surface area contributed by atoms with Crippen molar-refractivity contribution < 1.29 is 18.3 Å². The third kappa shape index (κ3) is 3.81. The minimum atomic E-state index is -2.93. The molecule has 1 unspecified atom stereocenters. The van der Waals surface area contributed by atoms with Crippen LogP contribution >= 0.6 is 0 Å². The molecule has 1 aromatic rings. The molecule has 0 bridgehead atoms. The van der Waals surface area contributed by atoms with Gasteiger partial charge in [-0.05, 0) is 18.6 Å². The van der Waals surface area contributed by atoms with Crippen molar-refractivity contribution >= 4 is 5.78 Å². The van der Waals surface area contributed by atoms with Crippen LogP contribution in [0.1, 0.15) is 30.1 Å². The lowest BCUT2D eigenvalue weighted by molar-refractivity contribution is -0.0498. The fourth-order valence-corrected chi connectivity index (χ4v) is 1.57. The Kier molecular flexibility index (Phi) is 5.25. The zero-order valence-corrected chi connectivity index (χ0v) is 9.90. The average Bonchev–Trinajstić information content (AvgIpc) is 2.34. The van der Waals surface area contributed by atoms with E-state index in [0.29, 0.717) is 12.8 Å². The molecule has 0 aliphatic carbocycles. The summed E-state index contributed by atoms with van der Waals surface area (Å²) < 4.78 is 28.3. The zero-order chi connectivity index (χ0) is 13.5. The van der Waals surface area contributed by atoms with Gasteiger partial charge in [0.25, 0.3) is 0 Å². The summed E-state index contributed by atoms with van der Waals surface area (Å²) in [6.45, 7) is -1.06. The van der Waals surface area contributed by atoms with E-state index in [2.05, 4.69) is 4.74 Å². The van der Waals surface area contributed by atoms with E-state index in [-0.39, 0.29) is 17.1 Å². The van der Waals surface area contributed by atoms with Gasteiger partial charge in [-0.1, -0.05) is 25.5 Å². The zero-order valence-electron chi connectivity index (χ0n) is 9.90. The number of nitrogens with zero attached hydrogens (tertiary/aromatic N) is 1. The molecule has 0 amide bonds. The van der Waals surface area contributed by atoms with E-state index >= 15 is 0 Å². The molecule has 0 saturated carbocycles. The summed E-state index contributed by atoms with van der Waals surface area (Å²) in [6, 6.07) is 7.43. The maximum atomic E-state index is 12.0. The Labute approximate surface area is 104 Å². The smallest absolute Gasteiger partial charge is 0.387 e. The number of carbonyl (C=O) groups excluding carboxylic acids is 1. The number of ketones is 1. The third-order valence-corrected chi connectivity index (χ3v) is 2.39. The lowest BCUT2D eigenvalue weighted by atomic mass is 9.95. The normalized spacial score (nSPS) is 11.9. The topological polar surface area (TPSA) is 50.1 Å². The van der Waals surface area contributed by atoms with Crippen LogP contribution < -0.4 is 4.74 Å². The lowest BCUT2D eigenvalue weighted by Gasteiger charge is -2.09. The van der Waals surface area contributed by atoms with Crippen molar-refractivity contribution in [3.8, 4) is 11.8 Å². The molecule has 0 aromatic heterocycles. The minimum absolute atomic E-state index is 0.0796. The number of alkyl halides is 2. The number of hydrogen-bond donors (Lipinski definition) is 0. The molecule has 0 heterocycles. The first-order valence-corrected chi connectivity index (χ1v) is 5.57. The summed E-state index contributed by atoms with van der Waals surface area (Å²) in [7, 11) is 0. The molecule has 0 N–H and O–H groups in total. The third-order valence-electron chi connectivity index (χ3n) is 2.39. The number of nitriles is 1. The van der Waals surface area contributed by atoms with Crippen molar-refractivity contribution in [3.05, 3.63) is 29.8 Å². The molecule has 0 aliphatic heterocycles. The summed E-state index contributed by atoms with van der Waals surface area (Å²) in [5, 5.41) is 8.88. The second-order valence-corrected chi connectivity index (χ2v) is 3.74. The highest BCUT2D eigenvalue weighted by molar-refractivity contribution is 5.99. The predicted octanol–water partition coefficient (Wildman–Crippen LogP) is 3.41. The first kappa shape index (κ1) is 14.1. The highest BCUT2D eigenvalue weighted by atomic mass is 19.3. The van der Waals surface area contributed by atoms with Gasteiger partial charge in [0.15, 0.2) is 5.78 Å². The number of carbonyl (C=O) groups is 1. The highest BCUT2D eigenvalue weighted by Gasteiger charge is 2.19. The summed E-state index contributed by atoms with van der Waals surface area (Å²) in [6.07, 6.45) is 1.16. The quantitative estimate of drug-likeness (QED) is 0.730. The Balaban J connectivity index is 2.89. The van der Waals surface area contributed by atoms with Crippen molar-refractivity contribution in [1.29, 1.82) is 5.26 Å². The molecule has 3 nitrogen and oxygen atoms in total. The monoisotopic (exact) mass is 253 g/mol. The summed E-state index contributed by atoms with van der Waals surface area (Å²) in [4.78, 5) is 11.9. The van der Waals surface area contributed by atoms with E-state index in [1.165, 1.54) is 24.3 Å². The first-order chi connectivity index (χ1) is 8.58. The summed E-state index contributed by atoms with van der Waals surface area (Å²) in [5.74, 6) is -1.18. The number of halogens is 2. The van der Waals surface area contributed by atoms with Gasteiger partial charge in [-0.2, -0.15) is 14.0 Å². The van der Waals surface area contributed by atoms with Gasteiger partial charge in [-0.3, -0.25) is 4.79 Å². The number of ether oxygens (including phenoxy) is 1. The molecule has 0 spiro atoms. The van der Waals surface area contributed by atoms with Gasteiger partial charge < -0.3 is 4.74 Å². The van der Waals surface area contributed by atoms with Crippen molar-refractivity contribution in [2.24, 2.45) is 5.92 Å². The number of rotatable bonds is 6. The van der Waals surface area contributed by atoms with E-state index in [4.69, 9.17) is 5.26 Å². The standard InChI is InChI=1S/C13H13F2NO2/c1-2-4-10(8-16)12(17)9-5-3-6-11(7-9)18-13(14)15/h3,5-7,10,13H,2,4H2,1H3. The minimum Gasteiger partial charge on any atom is -0.435 e. The Morgan fingerprint density at radius 1 is 1.50 bits per heavy atom. The second kappa shape index (κ2) is 6.70. The van der Waals surface area contributed by atoms with Crippen molar-refractivity contribution in [1.82, 2.24) is 0 Å². The SMILES string of the molecule is CCCC(C#N)C(=O)c1cccc(OC(F)F)c1. The molecule has 0 saturated heterocycles. The van der Waals surface area contributed by atoms with Crippen molar-refractivity contribution in [2.75, 3.05) is 0 Å². The van der Waals surface area contributed by atoms with Gasteiger partial charge in [0.05, 0.1) is 6.07 Å². The van der Waals surface area contributed by atoms with E-state index in [1.54, 1.807) is 0 Å². The van der Waals surface area contributed by atoms with E-state index < -0.39 is 12.5 Å². The molecule has 1 rings (SSSR count). The number of hydrogen-bond acceptors (Lipinski definition) is 3. The van der Waals surface area contributed by atoms with Crippen LogP contribution in [0.5, 0.6) is 5.75 Å². The fraction of sp³-hybridized carbons (Fsp3) is 0.385. The van der Waals surface area contributed by atoms with Gasteiger partial charge >= 0.3 is 6.61 Å². The maximum absolute atomic E-state index is 12.0. The van der Waals surface area contributed by atoms with Gasteiger partial charge in [0.1, 0.15) is 11.7 Å². The average molecular weight is 253 g/mol. The van der Waals surface area contributed by atoms with Crippen LogP contribution in [0.15, 0.2) is 24.3 Å². The number of Topliss-reactive ketones (excluding diaryl/α,β-unsaturated/α-hetero) is 1. The van der Waals surface area contributed by atoms with Gasteiger partial charge in [-0.25, -0.2) is 0 Å². The molecule has 96 valence electrons. The molecule has 0 fully saturated rings. The van der Waals surface area contributed by atoms with Gasteiger partial charge in [-0.15, -0.1) is 0 Å². The van der Waals surface area contributed by atoms with Crippen LogP contribution in [0.3, 0.4) is 0 Å². The number of benzene rings is 1. The molecular formula is C13H13F2NO2. The van der Waals surface area contributed by atoms with Crippen LogP contribution in [0.4, 0.5) is 8.78 Å². The summed E-state index contributed by atoms with van der Waals surface area (Å²) in [5.41, 5.74) is 0.216. The highest BCUT2D eigenvalue weighted by Crippen LogP contribution is 2.20. The van der Waals surface area contributed by atoms with Crippen LogP contribution in [0.2, 0.25) is 0 Å². The molecule has 1 atom stereocenters. The maximum Gasteiger partial charge on any atom is 0.387 e. The molecule has 0 aliphatic rings. The fourth-order valence-electron chi connectivity index (χ4n) is 1.57. The summed E-state index contributed by atoms with van der Waals surface area (Å²) >= 11 is 0. The molecule has 1 aromatic carbocycles. The predicted molar refractivity (Wildman–Crippen MR) is 61.4 cm³/mol. The van der Waals surface area contributed by atoms with E-state index in [1.807, 2.05) is 13.0 Å². The van der Waals surface area contributed by atoms with E-state index in [9.17, 15) is 13.6 Å². The molecule has 5 heteroatoms. The molecule has 18 heavy (non-hydrogen) atoms. The first-order valence-electron chi connectivity index (χ1n) is 5.57. The van der Waals surface area contributed by atoms with Crippen molar-refractivity contribution in [2.45, 2.75) is 26.4 Å². The van der Waals surface area contributed by atoms with Crippen LogP contribution in [0.25, 0.3) is 0 Å². The Morgan fingerprint density at radius 3 is 2.78 bits per heavy atom. The Morgan fingerprint density at radius 2 is 2.22 bits per heavy atom. The second-order valence-electron chi connectivity index (χ2n) is 3.74.